The van der Waals surface area contributed by atoms with Crippen molar-refractivity contribution in [3.63, 3.8) is 0 Å². The summed E-state index contributed by atoms with van der Waals surface area (Å²) in [5, 5.41) is 0.962. The molecule has 5 rings (SSSR count). The van der Waals surface area contributed by atoms with Gasteiger partial charge in [-0.15, -0.1) is 11.3 Å². The van der Waals surface area contributed by atoms with Gasteiger partial charge >= 0.3 is 6.18 Å². The van der Waals surface area contributed by atoms with E-state index in [1.54, 1.807) is 0 Å². The second-order valence-corrected chi connectivity index (χ2v) is 8.79. The van der Waals surface area contributed by atoms with Gasteiger partial charge in [-0.2, -0.15) is 18.2 Å². The van der Waals surface area contributed by atoms with Crippen molar-refractivity contribution in [2.24, 2.45) is 28.2 Å². The molecule has 2 unspecified atom stereocenters. The lowest BCUT2D eigenvalue weighted by atomic mass is 9.48. The first-order valence-corrected chi connectivity index (χ1v) is 10.0. The monoisotopic (exact) mass is 402 g/mol. The summed E-state index contributed by atoms with van der Waals surface area (Å²) in [6.45, 7) is 0.00721. The van der Waals surface area contributed by atoms with Crippen molar-refractivity contribution in [1.82, 2.24) is 4.57 Å². The molecule has 9 heteroatoms. The Kier molecular flexibility index (Phi) is 4.57. The number of rotatable bonds is 4. The Morgan fingerprint density at radius 1 is 1.33 bits per heavy atom. The highest BCUT2D eigenvalue weighted by atomic mass is 32.1. The number of hydrogen-bond donors (Lipinski definition) is 0. The second kappa shape index (κ2) is 6.55. The number of carbonyl (C=O) groups is 2. The van der Waals surface area contributed by atoms with Crippen LogP contribution in [-0.2, 0) is 27.0 Å². The van der Waals surface area contributed by atoms with Gasteiger partial charge in [0.05, 0.1) is 6.61 Å². The zero-order valence-electron chi connectivity index (χ0n) is 14.9. The van der Waals surface area contributed by atoms with E-state index in [0.29, 0.717) is 24.7 Å². The number of aromatic nitrogens is 1. The molecule has 0 aliphatic heterocycles. The highest BCUT2D eigenvalue weighted by Crippen LogP contribution is 2.58. The van der Waals surface area contributed by atoms with E-state index in [1.807, 2.05) is 0 Å². The number of ketones is 1. The maximum absolute atomic E-state index is 13.3. The molecule has 5 nitrogen and oxygen atoms in total. The number of halogens is 3. The lowest BCUT2D eigenvalue weighted by Crippen LogP contribution is -2.56. The van der Waals surface area contributed by atoms with Gasteiger partial charge in [0.1, 0.15) is 11.1 Å². The molecular weight excluding hydrogens is 381 g/mol. The van der Waals surface area contributed by atoms with Gasteiger partial charge in [0.2, 0.25) is 0 Å². The molecule has 27 heavy (non-hydrogen) atoms. The minimum absolute atomic E-state index is 0.0204. The van der Waals surface area contributed by atoms with Crippen LogP contribution >= 0.6 is 11.3 Å². The molecule has 4 aliphatic carbocycles. The minimum atomic E-state index is -4.54. The van der Waals surface area contributed by atoms with Crippen molar-refractivity contribution in [1.29, 1.82) is 0 Å². The molecular formula is C18H21F3N2O3S. The second-order valence-electron chi connectivity index (χ2n) is 7.95. The van der Waals surface area contributed by atoms with Crippen LogP contribution in [-0.4, -0.2) is 30.0 Å². The summed E-state index contributed by atoms with van der Waals surface area (Å²) in [7, 11) is 1.40. The number of Topliss-reactive ketones (excluding diaryl/α,β-unsaturated/α-hetero) is 1. The third-order valence-electron chi connectivity index (χ3n) is 6.23. The normalized spacial score (nSPS) is 33.1. The molecule has 0 aromatic carbocycles. The number of amides is 1. The van der Waals surface area contributed by atoms with Gasteiger partial charge in [0.25, 0.3) is 5.91 Å². The van der Waals surface area contributed by atoms with E-state index in [4.69, 9.17) is 4.74 Å². The Balaban J connectivity index is 1.72. The molecule has 1 heterocycles. The maximum atomic E-state index is 13.3. The van der Waals surface area contributed by atoms with E-state index in [-0.39, 0.29) is 29.7 Å². The third kappa shape index (κ3) is 3.08. The van der Waals surface area contributed by atoms with Crippen LogP contribution in [0.15, 0.2) is 10.4 Å². The SMILES string of the molecule is COCCn1c(C(F)(F)F)cs/c1=N\C(=O)C12CC3CC(CC(C3)C1=O)C2. The first-order valence-electron chi connectivity index (χ1n) is 9.12. The van der Waals surface area contributed by atoms with E-state index in [2.05, 4.69) is 4.99 Å². The lowest BCUT2D eigenvalue weighted by molar-refractivity contribution is -0.161. The van der Waals surface area contributed by atoms with Crippen LogP contribution in [0.3, 0.4) is 0 Å². The van der Waals surface area contributed by atoms with Crippen molar-refractivity contribution in [2.45, 2.75) is 44.8 Å². The van der Waals surface area contributed by atoms with Crippen molar-refractivity contribution >= 4 is 23.0 Å². The first-order chi connectivity index (χ1) is 12.7. The highest BCUT2D eigenvalue weighted by molar-refractivity contribution is 7.07. The summed E-state index contributed by atoms with van der Waals surface area (Å²) in [6.07, 6.45) is -0.820. The molecule has 0 saturated heterocycles. The molecule has 1 amide bonds. The predicted molar refractivity (Wildman–Crippen MR) is 90.8 cm³/mol. The summed E-state index contributed by atoms with van der Waals surface area (Å²) in [4.78, 5) is 30.0. The molecule has 4 saturated carbocycles. The van der Waals surface area contributed by atoms with E-state index in [1.165, 1.54) is 7.11 Å². The van der Waals surface area contributed by atoms with Crippen LogP contribution in [0.4, 0.5) is 13.2 Å². The Labute approximate surface area is 158 Å². The van der Waals surface area contributed by atoms with E-state index in [0.717, 1.165) is 40.5 Å². The highest BCUT2D eigenvalue weighted by Gasteiger charge is 2.60. The van der Waals surface area contributed by atoms with Gasteiger partial charge in [0, 0.05) is 25.0 Å². The summed E-state index contributed by atoms with van der Waals surface area (Å²) in [6, 6.07) is 0. The Morgan fingerprint density at radius 2 is 2.00 bits per heavy atom. The van der Waals surface area contributed by atoms with Crippen LogP contribution in [0.5, 0.6) is 0 Å². The van der Waals surface area contributed by atoms with Crippen molar-refractivity contribution in [3.05, 3.63) is 15.9 Å². The number of thiazole rings is 1. The van der Waals surface area contributed by atoms with E-state index >= 15 is 0 Å². The van der Waals surface area contributed by atoms with Crippen LogP contribution in [0, 0.1) is 23.2 Å². The third-order valence-corrected chi connectivity index (χ3v) is 7.10. The number of nitrogens with zero attached hydrogens (tertiary/aromatic N) is 2. The molecule has 1 aromatic rings. The number of carbonyl (C=O) groups excluding carboxylic acids is 2. The fourth-order valence-corrected chi connectivity index (χ4v) is 6.22. The number of methoxy groups -OCH3 is 1. The molecule has 0 radical (unpaired) electrons. The van der Waals surface area contributed by atoms with Gasteiger partial charge in [-0.1, -0.05) is 0 Å². The number of ether oxygens (including phenoxy) is 1. The van der Waals surface area contributed by atoms with Crippen molar-refractivity contribution < 1.29 is 27.5 Å². The van der Waals surface area contributed by atoms with Crippen LogP contribution < -0.4 is 4.80 Å². The summed E-state index contributed by atoms with van der Waals surface area (Å²) in [5.41, 5.74) is -1.97. The minimum Gasteiger partial charge on any atom is -0.383 e. The summed E-state index contributed by atoms with van der Waals surface area (Å²) >= 11 is 0.776. The molecule has 4 bridgehead atoms. The zero-order valence-corrected chi connectivity index (χ0v) is 15.7. The van der Waals surface area contributed by atoms with Crippen molar-refractivity contribution in [3.8, 4) is 0 Å². The Bertz CT molecular complexity index is 828. The van der Waals surface area contributed by atoms with Gasteiger partial charge in [-0.3, -0.25) is 9.59 Å². The number of alkyl halides is 3. The fraction of sp³-hybridized carbons (Fsp3) is 0.722. The summed E-state index contributed by atoms with van der Waals surface area (Å²) < 4.78 is 45.7. The van der Waals surface area contributed by atoms with Crippen LogP contribution in [0.25, 0.3) is 0 Å². The number of hydrogen-bond acceptors (Lipinski definition) is 4. The van der Waals surface area contributed by atoms with Gasteiger partial charge in [0.15, 0.2) is 10.6 Å². The van der Waals surface area contributed by atoms with Crippen LogP contribution in [0.2, 0.25) is 0 Å². The Hall–Kier alpha value is -1.48. The molecule has 0 spiro atoms. The summed E-state index contributed by atoms with van der Waals surface area (Å²) in [5.74, 6) is 0.0287. The van der Waals surface area contributed by atoms with E-state index in [9.17, 15) is 22.8 Å². The molecule has 148 valence electrons. The average molecular weight is 402 g/mol. The largest absolute Gasteiger partial charge is 0.432 e. The standard InChI is InChI=1S/C18H21F3N2O3S/c1-26-3-2-23-13(18(19,20)21)9-27-16(23)22-15(25)17-7-10-4-11(8-17)6-12(5-10)14(17)24/h9-12H,2-8H2,1H3/b22-16-. The fourth-order valence-electron chi connectivity index (χ4n) is 5.29. The zero-order chi connectivity index (χ0) is 19.4. The van der Waals surface area contributed by atoms with Crippen LogP contribution in [0.1, 0.15) is 37.8 Å². The van der Waals surface area contributed by atoms with E-state index < -0.39 is 23.2 Å². The topological polar surface area (TPSA) is 60.7 Å². The molecule has 2 atom stereocenters. The predicted octanol–water partition coefficient (Wildman–Crippen LogP) is 3.04. The lowest BCUT2D eigenvalue weighted by Gasteiger charge is -2.53. The Morgan fingerprint density at radius 3 is 2.59 bits per heavy atom. The van der Waals surface area contributed by atoms with Crippen molar-refractivity contribution in [2.75, 3.05) is 13.7 Å². The van der Waals surface area contributed by atoms with Gasteiger partial charge in [-0.25, -0.2) is 0 Å². The smallest absolute Gasteiger partial charge is 0.383 e. The maximum Gasteiger partial charge on any atom is 0.432 e. The molecule has 0 N–H and O–H groups in total. The average Bonchev–Trinajstić information content (AvgIpc) is 2.99. The molecule has 1 aromatic heterocycles. The quantitative estimate of drug-likeness (QED) is 0.728. The van der Waals surface area contributed by atoms with Gasteiger partial charge < -0.3 is 9.30 Å². The molecule has 4 aliphatic rings. The molecule has 4 fully saturated rings. The van der Waals surface area contributed by atoms with Gasteiger partial charge in [-0.05, 0) is 43.9 Å². The first kappa shape index (κ1) is 18.9.